The van der Waals surface area contributed by atoms with E-state index in [1.807, 2.05) is 0 Å². The maximum absolute atomic E-state index is 12.2. The van der Waals surface area contributed by atoms with Gasteiger partial charge in [-0.3, -0.25) is 9.89 Å². The Bertz CT molecular complexity index is 651. The summed E-state index contributed by atoms with van der Waals surface area (Å²) in [6.45, 7) is 0. The number of carbonyl (C=O) groups is 1. The van der Waals surface area contributed by atoms with Gasteiger partial charge < -0.3 is 5.32 Å². The van der Waals surface area contributed by atoms with Crippen molar-refractivity contribution in [2.45, 2.75) is 19.3 Å². The Hall–Kier alpha value is -1.52. The molecule has 1 heterocycles. The predicted molar refractivity (Wildman–Crippen MR) is 75.0 cm³/mol. The molecule has 4 nitrogen and oxygen atoms in total. The summed E-state index contributed by atoms with van der Waals surface area (Å²) < 4.78 is 0. The molecule has 1 aliphatic rings. The lowest BCUT2D eigenvalue weighted by atomic mass is 10.2. The average molecular weight is 296 g/mol. The molecule has 2 aromatic rings. The van der Waals surface area contributed by atoms with Gasteiger partial charge in [0.25, 0.3) is 5.91 Å². The van der Waals surface area contributed by atoms with Crippen molar-refractivity contribution in [1.82, 2.24) is 10.2 Å². The maximum atomic E-state index is 12.2. The Morgan fingerprint density at radius 2 is 2.16 bits per heavy atom. The lowest BCUT2D eigenvalue weighted by molar-refractivity contribution is 0.102. The first kappa shape index (κ1) is 12.5. The standard InChI is InChI=1S/C13H11Cl2N3O/c14-7-4-5-11(9(15)6-7)16-13(19)12-8-2-1-3-10(8)17-18-12/h4-6H,1-3H2,(H,16,19)(H,17,18). The monoisotopic (exact) mass is 295 g/mol. The SMILES string of the molecule is O=C(Nc1ccc(Cl)cc1Cl)c1n[nH]c2c1CCC2. The van der Waals surface area contributed by atoms with Gasteiger partial charge in [-0.25, -0.2) is 0 Å². The Balaban J connectivity index is 1.85. The van der Waals surface area contributed by atoms with E-state index in [0.29, 0.717) is 21.4 Å². The van der Waals surface area contributed by atoms with Gasteiger partial charge in [-0.1, -0.05) is 23.2 Å². The van der Waals surface area contributed by atoms with Gasteiger partial charge in [0.15, 0.2) is 5.69 Å². The topological polar surface area (TPSA) is 57.8 Å². The molecule has 0 saturated heterocycles. The highest BCUT2D eigenvalue weighted by Crippen LogP contribution is 2.27. The molecule has 1 aromatic heterocycles. The van der Waals surface area contributed by atoms with Crippen LogP contribution in [0, 0.1) is 0 Å². The van der Waals surface area contributed by atoms with E-state index >= 15 is 0 Å². The quantitative estimate of drug-likeness (QED) is 0.891. The van der Waals surface area contributed by atoms with Gasteiger partial charge in [-0.2, -0.15) is 5.10 Å². The van der Waals surface area contributed by atoms with Crippen molar-refractivity contribution in [2.75, 3.05) is 5.32 Å². The molecule has 6 heteroatoms. The maximum Gasteiger partial charge on any atom is 0.276 e. The predicted octanol–water partition coefficient (Wildman–Crippen LogP) is 3.46. The molecular formula is C13H11Cl2N3O. The fourth-order valence-electron chi connectivity index (χ4n) is 2.28. The molecule has 0 saturated carbocycles. The van der Waals surface area contributed by atoms with Gasteiger partial charge in [-0.15, -0.1) is 0 Å². The fraction of sp³-hybridized carbons (Fsp3) is 0.231. The largest absolute Gasteiger partial charge is 0.319 e. The summed E-state index contributed by atoms with van der Waals surface area (Å²) in [5.41, 5.74) is 3.07. The average Bonchev–Trinajstić information content (AvgIpc) is 2.94. The highest BCUT2D eigenvalue weighted by molar-refractivity contribution is 6.36. The third kappa shape index (κ3) is 2.33. The number of aromatic nitrogens is 2. The van der Waals surface area contributed by atoms with E-state index in [2.05, 4.69) is 15.5 Å². The van der Waals surface area contributed by atoms with E-state index in [9.17, 15) is 4.79 Å². The molecule has 0 radical (unpaired) electrons. The molecule has 19 heavy (non-hydrogen) atoms. The molecule has 1 amide bonds. The van der Waals surface area contributed by atoms with Gasteiger partial charge in [0, 0.05) is 16.3 Å². The number of rotatable bonds is 2. The molecule has 0 unspecified atom stereocenters. The number of nitrogens with one attached hydrogen (secondary N) is 2. The molecule has 98 valence electrons. The van der Waals surface area contributed by atoms with Crippen LogP contribution in [-0.4, -0.2) is 16.1 Å². The van der Waals surface area contributed by atoms with Crippen LogP contribution in [0.5, 0.6) is 0 Å². The summed E-state index contributed by atoms with van der Waals surface area (Å²) in [4.78, 5) is 12.2. The lowest BCUT2D eigenvalue weighted by Crippen LogP contribution is -2.14. The minimum absolute atomic E-state index is 0.247. The van der Waals surface area contributed by atoms with Crippen LogP contribution in [0.2, 0.25) is 10.0 Å². The van der Waals surface area contributed by atoms with Crippen molar-refractivity contribution in [3.05, 3.63) is 45.2 Å². The molecule has 1 aromatic carbocycles. The molecule has 0 fully saturated rings. The van der Waals surface area contributed by atoms with Crippen molar-refractivity contribution >= 4 is 34.8 Å². The second kappa shape index (κ2) is 4.87. The van der Waals surface area contributed by atoms with Crippen molar-refractivity contribution in [1.29, 1.82) is 0 Å². The van der Waals surface area contributed by atoms with Gasteiger partial charge >= 0.3 is 0 Å². The summed E-state index contributed by atoms with van der Waals surface area (Å²) in [5.74, 6) is -0.247. The summed E-state index contributed by atoms with van der Waals surface area (Å²) in [5, 5.41) is 10.7. The zero-order valence-electron chi connectivity index (χ0n) is 9.96. The van der Waals surface area contributed by atoms with Crippen molar-refractivity contribution in [3.63, 3.8) is 0 Å². The van der Waals surface area contributed by atoms with E-state index in [-0.39, 0.29) is 5.91 Å². The molecule has 2 N–H and O–H groups in total. The second-order valence-corrected chi connectivity index (χ2v) is 5.30. The van der Waals surface area contributed by atoms with E-state index in [0.717, 1.165) is 30.5 Å². The molecule has 0 spiro atoms. The zero-order valence-corrected chi connectivity index (χ0v) is 11.5. The first-order chi connectivity index (χ1) is 9.15. The van der Waals surface area contributed by atoms with Crippen LogP contribution >= 0.6 is 23.2 Å². The van der Waals surface area contributed by atoms with Crippen LogP contribution in [-0.2, 0) is 12.8 Å². The van der Waals surface area contributed by atoms with Gasteiger partial charge in [0.05, 0.1) is 10.7 Å². The van der Waals surface area contributed by atoms with Crippen molar-refractivity contribution in [3.8, 4) is 0 Å². The number of anilines is 1. The van der Waals surface area contributed by atoms with Gasteiger partial charge in [0.2, 0.25) is 0 Å². The number of fused-ring (bicyclic) bond motifs is 1. The van der Waals surface area contributed by atoms with E-state index < -0.39 is 0 Å². The normalized spacial score (nSPS) is 13.4. The van der Waals surface area contributed by atoms with Gasteiger partial charge in [-0.05, 0) is 37.5 Å². The molecule has 0 atom stereocenters. The van der Waals surface area contributed by atoms with Gasteiger partial charge in [0.1, 0.15) is 0 Å². The lowest BCUT2D eigenvalue weighted by Gasteiger charge is -2.06. The van der Waals surface area contributed by atoms with E-state index in [4.69, 9.17) is 23.2 Å². The number of hydrogen-bond donors (Lipinski definition) is 2. The highest BCUT2D eigenvalue weighted by atomic mass is 35.5. The van der Waals surface area contributed by atoms with Crippen LogP contribution in [0.15, 0.2) is 18.2 Å². The Morgan fingerprint density at radius 3 is 2.95 bits per heavy atom. The number of H-pyrrole nitrogens is 1. The van der Waals surface area contributed by atoms with Crippen molar-refractivity contribution < 1.29 is 4.79 Å². The van der Waals surface area contributed by atoms with Crippen LogP contribution in [0.25, 0.3) is 0 Å². The van der Waals surface area contributed by atoms with Crippen molar-refractivity contribution in [2.24, 2.45) is 0 Å². The fourth-order valence-corrected chi connectivity index (χ4v) is 2.74. The van der Waals surface area contributed by atoms with E-state index in [1.165, 1.54) is 0 Å². The first-order valence-corrected chi connectivity index (χ1v) is 6.73. The van der Waals surface area contributed by atoms with Crippen LogP contribution in [0.1, 0.15) is 28.2 Å². The summed E-state index contributed by atoms with van der Waals surface area (Å²) in [6, 6.07) is 4.95. The van der Waals surface area contributed by atoms with E-state index in [1.54, 1.807) is 18.2 Å². The molecular weight excluding hydrogens is 285 g/mol. The second-order valence-electron chi connectivity index (χ2n) is 4.46. The Labute approximate surface area is 120 Å². The Kier molecular flexibility index (Phi) is 3.21. The number of carbonyl (C=O) groups excluding carboxylic acids is 1. The minimum atomic E-state index is -0.247. The van der Waals surface area contributed by atoms with Crippen LogP contribution in [0.3, 0.4) is 0 Å². The number of amides is 1. The third-order valence-corrected chi connectivity index (χ3v) is 3.75. The first-order valence-electron chi connectivity index (χ1n) is 5.97. The number of benzene rings is 1. The number of aromatic amines is 1. The zero-order chi connectivity index (χ0) is 13.4. The smallest absolute Gasteiger partial charge is 0.276 e. The number of halogens is 2. The number of nitrogens with zero attached hydrogens (tertiary/aromatic N) is 1. The molecule has 3 rings (SSSR count). The number of aryl methyl sites for hydroxylation is 1. The van der Waals surface area contributed by atoms with Crippen LogP contribution < -0.4 is 5.32 Å². The molecule has 1 aliphatic carbocycles. The third-order valence-electron chi connectivity index (χ3n) is 3.20. The summed E-state index contributed by atoms with van der Waals surface area (Å²) in [6.07, 6.45) is 2.91. The molecule has 0 bridgehead atoms. The number of hydrogen-bond acceptors (Lipinski definition) is 2. The molecule has 0 aliphatic heterocycles. The summed E-state index contributed by atoms with van der Waals surface area (Å²) >= 11 is 11.8. The minimum Gasteiger partial charge on any atom is -0.319 e. The summed E-state index contributed by atoms with van der Waals surface area (Å²) in [7, 11) is 0. The highest BCUT2D eigenvalue weighted by Gasteiger charge is 2.23. The van der Waals surface area contributed by atoms with Crippen LogP contribution in [0.4, 0.5) is 5.69 Å². The Morgan fingerprint density at radius 1 is 1.32 bits per heavy atom.